The number of aromatic nitrogens is 1. The molecule has 0 amide bonds. The van der Waals surface area contributed by atoms with E-state index in [1.807, 2.05) is 25.1 Å². The van der Waals surface area contributed by atoms with E-state index in [1.165, 1.54) is 12.8 Å². The van der Waals surface area contributed by atoms with Gasteiger partial charge in [0.1, 0.15) is 5.75 Å². The zero-order chi connectivity index (χ0) is 15.7. The van der Waals surface area contributed by atoms with Crippen LogP contribution in [0.1, 0.15) is 31.0 Å². The second-order valence-electron chi connectivity index (χ2n) is 6.45. The number of rotatable bonds is 3. The van der Waals surface area contributed by atoms with Crippen LogP contribution in [0, 0.1) is 12.8 Å². The minimum Gasteiger partial charge on any atom is -0.497 e. The molecule has 22 heavy (non-hydrogen) atoms. The topological polar surface area (TPSA) is 45.3 Å². The molecule has 3 rings (SSSR count). The van der Waals surface area contributed by atoms with Crippen molar-refractivity contribution >= 4 is 10.9 Å². The summed E-state index contributed by atoms with van der Waals surface area (Å²) in [6.07, 6.45) is 2.51. The summed E-state index contributed by atoms with van der Waals surface area (Å²) >= 11 is 0. The third kappa shape index (κ3) is 2.88. The number of hydrogen-bond donors (Lipinski definition) is 1. The first-order chi connectivity index (χ1) is 10.6. The molecular weight excluding hydrogens is 276 g/mol. The number of hydrogen-bond acceptors (Lipinski definition) is 3. The first-order valence-electron chi connectivity index (χ1n) is 8.00. The zero-order valence-electron chi connectivity index (χ0n) is 13.6. The minimum absolute atomic E-state index is 0.128. The van der Waals surface area contributed by atoms with Crippen molar-refractivity contribution in [1.82, 2.24) is 9.88 Å². The highest BCUT2D eigenvalue weighted by molar-refractivity contribution is 5.81. The van der Waals surface area contributed by atoms with Gasteiger partial charge in [0, 0.05) is 35.2 Å². The molecule has 0 bridgehead atoms. The maximum Gasteiger partial charge on any atom is 0.194 e. The van der Waals surface area contributed by atoms with Gasteiger partial charge in [-0.3, -0.25) is 9.69 Å². The van der Waals surface area contributed by atoms with E-state index in [1.54, 1.807) is 7.11 Å². The van der Waals surface area contributed by atoms with Crippen molar-refractivity contribution in [2.45, 2.75) is 33.2 Å². The van der Waals surface area contributed by atoms with Gasteiger partial charge < -0.3 is 9.72 Å². The molecule has 2 aromatic rings. The molecule has 1 aliphatic rings. The van der Waals surface area contributed by atoms with E-state index in [2.05, 4.69) is 16.8 Å². The number of likely N-dealkylation sites (tertiary alicyclic amines) is 1. The van der Waals surface area contributed by atoms with Crippen LogP contribution >= 0.6 is 0 Å². The monoisotopic (exact) mass is 300 g/mol. The minimum atomic E-state index is 0.128. The lowest BCUT2D eigenvalue weighted by molar-refractivity contribution is 0.176. The smallest absolute Gasteiger partial charge is 0.194 e. The van der Waals surface area contributed by atoms with Gasteiger partial charge in [-0.15, -0.1) is 0 Å². The van der Waals surface area contributed by atoms with Crippen molar-refractivity contribution in [3.63, 3.8) is 0 Å². The van der Waals surface area contributed by atoms with Gasteiger partial charge in [-0.05, 0) is 50.4 Å². The summed E-state index contributed by atoms with van der Waals surface area (Å²) in [5, 5.41) is 0.713. The number of nitrogens with one attached hydrogen (secondary N) is 1. The van der Waals surface area contributed by atoms with E-state index in [0.29, 0.717) is 11.3 Å². The molecular formula is C18H24N2O2. The van der Waals surface area contributed by atoms with Crippen LogP contribution in [-0.4, -0.2) is 30.1 Å². The maximum atomic E-state index is 12.9. The third-order valence-corrected chi connectivity index (χ3v) is 4.64. The molecule has 0 unspecified atom stereocenters. The van der Waals surface area contributed by atoms with E-state index in [-0.39, 0.29) is 5.43 Å². The van der Waals surface area contributed by atoms with Crippen molar-refractivity contribution in [2.75, 3.05) is 20.2 Å². The Labute approximate surface area is 131 Å². The lowest BCUT2D eigenvalue weighted by atomic mass is 9.99. The molecule has 0 spiro atoms. The summed E-state index contributed by atoms with van der Waals surface area (Å²) < 4.78 is 5.25. The van der Waals surface area contributed by atoms with Gasteiger partial charge in [0.05, 0.1) is 7.11 Å². The van der Waals surface area contributed by atoms with Crippen LogP contribution in [0.15, 0.2) is 23.0 Å². The van der Waals surface area contributed by atoms with Crippen molar-refractivity contribution in [3.8, 4) is 5.75 Å². The van der Waals surface area contributed by atoms with E-state index in [0.717, 1.165) is 42.2 Å². The molecule has 1 aliphatic heterocycles. The average Bonchev–Trinajstić information content (AvgIpc) is 2.51. The standard InChI is InChI=1S/C18H24N2O2/c1-12-5-4-8-20(10-12)11-16-13(2)19-17-7-6-14(22-3)9-15(17)18(16)21/h6-7,9,12H,4-5,8,10-11H2,1-3H3,(H,19,21)/t12-/m1/s1. The third-order valence-electron chi connectivity index (χ3n) is 4.64. The molecule has 2 heterocycles. The van der Waals surface area contributed by atoms with Gasteiger partial charge in [-0.1, -0.05) is 6.92 Å². The van der Waals surface area contributed by atoms with Crippen LogP contribution in [0.5, 0.6) is 5.75 Å². The summed E-state index contributed by atoms with van der Waals surface area (Å²) in [5.41, 5.74) is 2.86. The van der Waals surface area contributed by atoms with Gasteiger partial charge in [-0.25, -0.2) is 0 Å². The van der Waals surface area contributed by atoms with Crippen LogP contribution in [0.3, 0.4) is 0 Å². The predicted molar refractivity (Wildman–Crippen MR) is 89.5 cm³/mol. The number of benzene rings is 1. The highest BCUT2D eigenvalue weighted by atomic mass is 16.5. The highest BCUT2D eigenvalue weighted by Crippen LogP contribution is 2.21. The van der Waals surface area contributed by atoms with E-state index >= 15 is 0 Å². The van der Waals surface area contributed by atoms with E-state index in [4.69, 9.17) is 4.74 Å². The van der Waals surface area contributed by atoms with Gasteiger partial charge in [-0.2, -0.15) is 0 Å². The second-order valence-corrected chi connectivity index (χ2v) is 6.45. The van der Waals surface area contributed by atoms with Crippen LogP contribution in [0.2, 0.25) is 0 Å². The number of H-pyrrole nitrogens is 1. The predicted octanol–water partition coefficient (Wildman–Crippen LogP) is 3.08. The first kappa shape index (κ1) is 15.1. The lowest BCUT2D eigenvalue weighted by Gasteiger charge is -2.31. The molecule has 0 saturated carbocycles. The number of pyridine rings is 1. The number of ether oxygens (including phenoxy) is 1. The molecule has 1 fully saturated rings. The Morgan fingerprint density at radius 3 is 2.95 bits per heavy atom. The Morgan fingerprint density at radius 1 is 1.41 bits per heavy atom. The Bertz CT molecular complexity index is 736. The van der Waals surface area contributed by atoms with E-state index < -0.39 is 0 Å². The quantitative estimate of drug-likeness (QED) is 0.947. The summed E-state index contributed by atoms with van der Waals surface area (Å²) in [4.78, 5) is 18.6. The van der Waals surface area contributed by atoms with Crippen LogP contribution in [0.25, 0.3) is 10.9 Å². The molecule has 4 nitrogen and oxygen atoms in total. The lowest BCUT2D eigenvalue weighted by Crippen LogP contribution is -2.35. The summed E-state index contributed by atoms with van der Waals surface area (Å²) in [6.45, 7) is 7.18. The number of piperidine rings is 1. The number of methoxy groups -OCH3 is 1. The summed E-state index contributed by atoms with van der Waals surface area (Å²) in [6, 6.07) is 5.62. The molecule has 0 radical (unpaired) electrons. The molecule has 0 aliphatic carbocycles. The molecule has 118 valence electrons. The van der Waals surface area contributed by atoms with Gasteiger partial charge in [0.25, 0.3) is 0 Å². The molecule has 1 aromatic heterocycles. The SMILES string of the molecule is COc1ccc2[nH]c(C)c(CN3CCC[C@@H](C)C3)c(=O)c2c1. The Morgan fingerprint density at radius 2 is 2.23 bits per heavy atom. The van der Waals surface area contributed by atoms with Gasteiger partial charge >= 0.3 is 0 Å². The summed E-state index contributed by atoms with van der Waals surface area (Å²) in [5.74, 6) is 1.44. The largest absolute Gasteiger partial charge is 0.497 e. The van der Waals surface area contributed by atoms with Gasteiger partial charge in [0.2, 0.25) is 0 Å². The molecule has 1 saturated heterocycles. The Kier molecular flexibility index (Phi) is 4.21. The number of nitrogens with zero attached hydrogens (tertiary/aromatic N) is 1. The molecule has 1 N–H and O–H groups in total. The normalized spacial score (nSPS) is 19.5. The van der Waals surface area contributed by atoms with E-state index in [9.17, 15) is 4.79 Å². The second kappa shape index (κ2) is 6.13. The maximum absolute atomic E-state index is 12.9. The van der Waals surface area contributed by atoms with Crippen molar-refractivity contribution < 1.29 is 4.74 Å². The Hall–Kier alpha value is -1.81. The van der Waals surface area contributed by atoms with Crippen molar-refractivity contribution in [2.24, 2.45) is 5.92 Å². The average molecular weight is 300 g/mol. The molecule has 1 atom stereocenters. The zero-order valence-corrected chi connectivity index (χ0v) is 13.6. The Balaban J connectivity index is 1.99. The molecule has 4 heteroatoms. The van der Waals surface area contributed by atoms with Crippen LogP contribution in [-0.2, 0) is 6.54 Å². The number of fused-ring (bicyclic) bond motifs is 1. The summed E-state index contributed by atoms with van der Waals surface area (Å²) in [7, 11) is 1.62. The fourth-order valence-corrected chi connectivity index (χ4v) is 3.40. The van der Waals surface area contributed by atoms with Crippen LogP contribution < -0.4 is 10.2 Å². The van der Waals surface area contributed by atoms with Crippen LogP contribution in [0.4, 0.5) is 0 Å². The fraction of sp³-hybridized carbons (Fsp3) is 0.500. The number of aromatic amines is 1. The highest BCUT2D eigenvalue weighted by Gasteiger charge is 2.19. The van der Waals surface area contributed by atoms with Crippen molar-refractivity contribution in [1.29, 1.82) is 0 Å². The first-order valence-corrected chi connectivity index (χ1v) is 8.00. The number of aryl methyl sites for hydroxylation is 1. The van der Waals surface area contributed by atoms with Gasteiger partial charge in [0.15, 0.2) is 5.43 Å². The van der Waals surface area contributed by atoms with Crippen molar-refractivity contribution in [3.05, 3.63) is 39.7 Å². The fourth-order valence-electron chi connectivity index (χ4n) is 3.40. The molecule has 1 aromatic carbocycles.